The van der Waals surface area contributed by atoms with Gasteiger partial charge >= 0.3 is 21.5 Å². The second-order valence-corrected chi connectivity index (χ2v) is 10.3. The summed E-state index contributed by atoms with van der Waals surface area (Å²) < 4.78 is 69.6. The van der Waals surface area contributed by atoms with Crippen LogP contribution in [0.4, 0.5) is 36.2 Å². The molecule has 1 aromatic carbocycles. The quantitative estimate of drug-likeness (QED) is 0.375. The number of hydrogen-bond donors (Lipinski definition) is 1. The van der Waals surface area contributed by atoms with Crippen molar-refractivity contribution >= 4 is 39.0 Å². The van der Waals surface area contributed by atoms with E-state index >= 15 is 0 Å². The van der Waals surface area contributed by atoms with E-state index in [4.69, 9.17) is 4.74 Å². The van der Waals surface area contributed by atoms with Crippen molar-refractivity contribution in [1.29, 1.82) is 0 Å². The number of fused-ring (bicyclic) bond motifs is 1. The number of sulfonamides is 1. The zero-order valence-electron chi connectivity index (χ0n) is 20.3. The molecule has 0 spiro atoms. The van der Waals surface area contributed by atoms with Gasteiger partial charge in [0.15, 0.2) is 0 Å². The van der Waals surface area contributed by atoms with E-state index in [1.165, 1.54) is 25.3 Å². The van der Waals surface area contributed by atoms with Crippen LogP contribution in [-0.2, 0) is 21.2 Å². The van der Waals surface area contributed by atoms with Crippen molar-refractivity contribution in [3.05, 3.63) is 35.2 Å². The number of alkyl halides is 3. The molecule has 2 aromatic rings. The smallest absolute Gasteiger partial charge is 0.462 e. The van der Waals surface area contributed by atoms with E-state index in [-0.39, 0.29) is 41.1 Å². The number of benzene rings is 1. The third-order valence-corrected chi connectivity index (χ3v) is 6.35. The van der Waals surface area contributed by atoms with Gasteiger partial charge in [0, 0.05) is 25.0 Å². The first-order valence-electron chi connectivity index (χ1n) is 11.3. The molecule has 0 bridgehead atoms. The zero-order valence-corrected chi connectivity index (χ0v) is 21.1. The topological polar surface area (TPSA) is 126 Å². The third-order valence-electron chi connectivity index (χ3n) is 5.26. The van der Waals surface area contributed by atoms with E-state index in [2.05, 4.69) is 20.2 Å². The Morgan fingerprint density at radius 3 is 2.61 bits per heavy atom. The van der Waals surface area contributed by atoms with Gasteiger partial charge in [-0.15, -0.1) is 10.2 Å². The summed E-state index contributed by atoms with van der Waals surface area (Å²) in [6.07, 6.45) is 2.67. The Morgan fingerprint density at radius 2 is 2.00 bits per heavy atom. The normalized spacial score (nSPS) is 14.3. The molecule has 1 N–H and O–H groups in total. The van der Waals surface area contributed by atoms with Gasteiger partial charge in [-0.05, 0) is 50.3 Å². The minimum absolute atomic E-state index is 0.122. The van der Waals surface area contributed by atoms with Crippen LogP contribution < -0.4 is 9.62 Å². The minimum Gasteiger partial charge on any atom is -0.462 e. The van der Waals surface area contributed by atoms with E-state index in [0.29, 0.717) is 25.2 Å². The summed E-state index contributed by atoms with van der Waals surface area (Å²) in [5, 5.41) is 7.83. The maximum Gasteiger partial charge on any atom is 0.516 e. The Bertz CT molecular complexity index is 1270. The number of aryl methyl sites for hydroxylation is 2. The van der Waals surface area contributed by atoms with Crippen molar-refractivity contribution in [2.45, 2.75) is 46.0 Å². The van der Waals surface area contributed by atoms with Gasteiger partial charge in [-0.3, -0.25) is 4.72 Å². The SMILES string of the molecule is CCOC(=O)c1cnc(N=Nc2cc3c(cc2NS(=O)(=O)C(F)(F)F)N(CC(C)C)CCC3)nc1C. The van der Waals surface area contributed by atoms with E-state index in [9.17, 15) is 26.4 Å². The second kappa shape index (κ2) is 10.8. The number of esters is 1. The Labute approximate surface area is 207 Å². The maximum absolute atomic E-state index is 13.1. The molecule has 1 aromatic heterocycles. The summed E-state index contributed by atoms with van der Waals surface area (Å²) in [4.78, 5) is 21.9. The fraction of sp³-hybridized carbons (Fsp3) is 0.500. The lowest BCUT2D eigenvalue weighted by Crippen LogP contribution is -2.33. The molecule has 196 valence electrons. The molecular weight excluding hydrogens is 501 g/mol. The molecule has 0 saturated carbocycles. The summed E-state index contributed by atoms with van der Waals surface area (Å²) in [5.41, 5.74) is -4.16. The van der Waals surface area contributed by atoms with Crippen molar-refractivity contribution in [1.82, 2.24) is 9.97 Å². The maximum atomic E-state index is 13.1. The van der Waals surface area contributed by atoms with Crippen LogP contribution in [0, 0.1) is 12.8 Å². The number of anilines is 2. The minimum atomic E-state index is -5.70. The van der Waals surface area contributed by atoms with Crippen LogP contribution in [-0.4, -0.2) is 49.6 Å². The lowest BCUT2D eigenvalue weighted by atomic mass is 9.99. The summed E-state index contributed by atoms with van der Waals surface area (Å²) in [6.45, 7) is 8.73. The van der Waals surface area contributed by atoms with Crippen LogP contribution >= 0.6 is 0 Å². The van der Waals surface area contributed by atoms with Crippen LogP contribution in [0.1, 0.15) is 48.8 Å². The highest BCUT2D eigenvalue weighted by Crippen LogP contribution is 2.39. The first-order chi connectivity index (χ1) is 16.8. The largest absolute Gasteiger partial charge is 0.516 e. The van der Waals surface area contributed by atoms with E-state index < -0.39 is 21.5 Å². The number of rotatable bonds is 8. The first kappa shape index (κ1) is 27.3. The van der Waals surface area contributed by atoms with E-state index in [0.717, 1.165) is 12.0 Å². The number of nitrogens with one attached hydrogen (secondary N) is 1. The van der Waals surface area contributed by atoms with Gasteiger partial charge in [0.25, 0.3) is 5.95 Å². The van der Waals surface area contributed by atoms with Crippen LogP contribution in [0.5, 0.6) is 0 Å². The second-order valence-electron chi connectivity index (χ2n) is 8.58. The Balaban J connectivity index is 2.03. The van der Waals surface area contributed by atoms with E-state index in [1.54, 1.807) is 11.6 Å². The number of carbonyl (C=O) groups excluding carboxylic acids is 1. The van der Waals surface area contributed by atoms with Crippen LogP contribution in [0.25, 0.3) is 0 Å². The fourth-order valence-corrected chi connectivity index (χ4v) is 4.27. The monoisotopic (exact) mass is 528 g/mol. The molecule has 0 saturated heterocycles. The molecule has 0 atom stereocenters. The van der Waals surface area contributed by atoms with Crippen LogP contribution in [0.15, 0.2) is 28.6 Å². The lowest BCUT2D eigenvalue weighted by Gasteiger charge is -2.33. The van der Waals surface area contributed by atoms with E-state index in [1.807, 2.05) is 18.7 Å². The molecule has 36 heavy (non-hydrogen) atoms. The molecule has 1 aliphatic heterocycles. The number of halogens is 3. The Morgan fingerprint density at radius 1 is 1.28 bits per heavy atom. The van der Waals surface area contributed by atoms with Crippen LogP contribution in [0.2, 0.25) is 0 Å². The average molecular weight is 529 g/mol. The lowest BCUT2D eigenvalue weighted by molar-refractivity contribution is -0.0429. The van der Waals surface area contributed by atoms with Gasteiger partial charge < -0.3 is 9.64 Å². The number of nitrogens with zero attached hydrogens (tertiary/aromatic N) is 5. The number of ether oxygens (including phenoxy) is 1. The van der Waals surface area contributed by atoms with Crippen molar-refractivity contribution in [2.24, 2.45) is 16.1 Å². The predicted molar refractivity (Wildman–Crippen MR) is 127 cm³/mol. The van der Waals surface area contributed by atoms with Gasteiger partial charge in [0.05, 0.1) is 23.6 Å². The number of azo groups is 1. The molecule has 0 aliphatic carbocycles. The fourth-order valence-electron chi connectivity index (χ4n) is 3.70. The van der Waals surface area contributed by atoms with Crippen LogP contribution in [0.3, 0.4) is 0 Å². The summed E-state index contributed by atoms with van der Waals surface area (Å²) in [6, 6.07) is 2.86. The third kappa shape index (κ3) is 6.28. The van der Waals surface area contributed by atoms with Crippen molar-refractivity contribution in [3.63, 3.8) is 0 Å². The molecule has 1 aliphatic rings. The summed E-state index contributed by atoms with van der Waals surface area (Å²) >= 11 is 0. The molecule has 0 amide bonds. The predicted octanol–water partition coefficient (Wildman–Crippen LogP) is 5.05. The van der Waals surface area contributed by atoms with Gasteiger partial charge in [-0.25, -0.2) is 14.8 Å². The average Bonchev–Trinajstić information content (AvgIpc) is 2.77. The molecule has 3 rings (SSSR count). The molecule has 0 radical (unpaired) electrons. The summed E-state index contributed by atoms with van der Waals surface area (Å²) in [7, 11) is -5.70. The van der Waals surface area contributed by atoms with Gasteiger partial charge in [-0.2, -0.15) is 21.6 Å². The van der Waals surface area contributed by atoms with Gasteiger partial charge in [-0.1, -0.05) is 13.8 Å². The highest BCUT2D eigenvalue weighted by molar-refractivity contribution is 7.93. The zero-order chi connectivity index (χ0) is 26.7. The highest BCUT2D eigenvalue weighted by Gasteiger charge is 2.46. The number of hydrogen-bond acceptors (Lipinski definition) is 9. The van der Waals surface area contributed by atoms with Gasteiger partial charge in [0.2, 0.25) is 0 Å². The van der Waals surface area contributed by atoms with Crippen molar-refractivity contribution < 1.29 is 31.1 Å². The molecule has 10 nitrogen and oxygen atoms in total. The summed E-state index contributed by atoms with van der Waals surface area (Å²) in [5.74, 6) is -0.490. The Hall–Kier alpha value is -3.29. The van der Waals surface area contributed by atoms with Gasteiger partial charge in [0.1, 0.15) is 5.69 Å². The number of carbonyl (C=O) groups is 1. The molecular formula is C22H27F3N6O4S. The van der Waals surface area contributed by atoms with Crippen molar-refractivity contribution in [3.8, 4) is 0 Å². The standard InChI is InChI=1S/C22H27F3N6O4S/c1-5-35-20(32)16-11-26-21(27-14(16)4)29-28-17-9-15-7-6-8-31(12-13(2)3)19(15)10-18(17)30-36(33,34)22(23,24)25/h9-11,13,30H,5-8,12H2,1-4H3. The Kier molecular flexibility index (Phi) is 8.16. The molecule has 0 unspecified atom stereocenters. The molecule has 14 heteroatoms. The van der Waals surface area contributed by atoms with Crippen molar-refractivity contribution in [2.75, 3.05) is 29.3 Å². The molecule has 0 fully saturated rings. The molecule has 2 heterocycles. The first-order valence-corrected chi connectivity index (χ1v) is 12.7. The highest BCUT2D eigenvalue weighted by atomic mass is 32.2. The number of aromatic nitrogens is 2.